The number of rotatable bonds is 0. The van der Waals surface area contributed by atoms with Crippen molar-refractivity contribution >= 4 is 18.2 Å². The lowest BCUT2D eigenvalue weighted by molar-refractivity contribution is 0.0773. The summed E-state index contributed by atoms with van der Waals surface area (Å²) in [7, 11) is 0. The maximum Gasteiger partial charge on any atom is 0.170 e. The molecule has 1 saturated heterocycles. The summed E-state index contributed by atoms with van der Waals surface area (Å²) in [6.07, 6.45) is 3.11. The number of fused-ring (bicyclic) bond motifs is 1. The van der Waals surface area contributed by atoms with Gasteiger partial charge in [0.1, 0.15) is 0 Å². The number of hydrogen-bond acceptors (Lipinski definition) is 2. The van der Waals surface area contributed by atoms with Crippen LogP contribution in [0.4, 0.5) is 0 Å². The third kappa shape index (κ3) is 1.57. The second kappa shape index (κ2) is 4.19. The molecule has 0 aromatic heterocycles. The highest BCUT2D eigenvalue weighted by Gasteiger charge is 2.45. The van der Waals surface area contributed by atoms with Crippen molar-refractivity contribution in [3.05, 3.63) is 35.4 Å². The molecule has 1 aliphatic carbocycles. The zero-order chi connectivity index (χ0) is 10.3. The van der Waals surface area contributed by atoms with E-state index < -0.39 is 0 Å². The van der Waals surface area contributed by atoms with E-state index in [2.05, 4.69) is 11.4 Å². The Morgan fingerprint density at radius 1 is 1.25 bits per heavy atom. The average Bonchev–Trinajstić information content (AvgIpc) is 2.54. The lowest BCUT2D eigenvalue weighted by Crippen LogP contribution is -2.44. The lowest BCUT2D eigenvalue weighted by Gasteiger charge is -2.32. The molecule has 1 aromatic carbocycles. The Morgan fingerprint density at radius 2 is 2.06 bits per heavy atom. The van der Waals surface area contributed by atoms with Crippen molar-refractivity contribution in [1.29, 1.82) is 0 Å². The summed E-state index contributed by atoms with van der Waals surface area (Å²) >= 11 is 0. The number of ketones is 1. The largest absolute Gasteiger partial charge is 0.316 e. The summed E-state index contributed by atoms with van der Waals surface area (Å²) < 4.78 is 0. The van der Waals surface area contributed by atoms with Crippen molar-refractivity contribution in [2.75, 3.05) is 13.1 Å². The van der Waals surface area contributed by atoms with Crippen LogP contribution in [0, 0.1) is 5.41 Å². The minimum atomic E-state index is -0.109. The molecule has 1 spiro atoms. The minimum absolute atomic E-state index is 0. The van der Waals surface area contributed by atoms with Gasteiger partial charge in [-0.25, -0.2) is 0 Å². The van der Waals surface area contributed by atoms with E-state index >= 15 is 0 Å². The molecule has 2 nitrogen and oxygen atoms in total. The predicted octanol–water partition coefficient (Wildman–Crippen LogP) is 2.22. The molecule has 1 N–H and O–H groups in total. The fraction of sp³-hybridized carbons (Fsp3) is 0.462. The first-order chi connectivity index (χ1) is 7.32. The summed E-state index contributed by atoms with van der Waals surface area (Å²) in [5, 5.41) is 3.36. The van der Waals surface area contributed by atoms with Crippen molar-refractivity contribution in [3.63, 3.8) is 0 Å². The van der Waals surface area contributed by atoms with Crippen molar-refractivity contribution in [1.82, 2.24) is 5.32 Å². The number of benzene rings is 1. The van der Waals surface area contributed by atoms with E-state index in [9.17, 15) is 4.79 Å². The molecule has 86 valence electrons. The van der Waals surface area contributed by atoms with Gasteiger partial charge in [-0.05, 0) is 31.4 Å². The SMILES string of the molecule is Cl.O=C1c2ccccc2CC12CCCNC2. The Bertz CT molecular complexity index is 410. The average molecular weight is 238 g/mol. The van der Waals surface area contributed by atoms with Crippen LogP contribution in [-0.2, 0) is 6.42 Å². The number of piperidine rings is 1. The van der Waals surface area contributed by atoms with Crippen LogP contribution in [0.15, 0.2) is 24.3 Å². The first-order valence-corrected chi connectivity index (χ1v) is 5.65. The Balaban J connectivity index is 0.000000963. The van der Waals surface area contributed by atoms with Crippen molar-refractivity contribution in [2.24, 2.45) is 5.41 Å². The first kappa shape index (κ1) is 11.6. The molecule has 2 aliphatic rings. The predicted molar refractivity (Wildman–Crippen MR) is 66.3 cm³/mol. The molecule has 1 unspecified atom stereocenters. The van der Waals surface area contributed by atoms with Gasteiger partial charge in [0.25, 0.3) is 0 Å². The molecule has 0 saturated carbocycles. The van der Waals surface area contributed by atoms with E-state index in [0.717, 1.165) is 37.9 Å². The quantitative estimate of drug-likeness (QED) is 0.750. The molecular weight excluding hydrogens is 222 g/mol. The smallest absolute Gasteiger partial charge is 0.170 e. The number of nitrogens with one attached hydrogen (secondary N) is 1. The molecule has 3 heteroatoms. The standard InChI is InChI=1S/C13H15NO.ClH/c15-12-11-5-2-1-4-10(11)8-13(12)6-3-7-14-9-13;/h1-2,4-5,14H,3,6-9H2;1H. The Labute approximate surface area is 102 Å². The van der Waals surface area contributed by atoms with Gasteiger partial charge >= 0.3 is 0 Å². The molecule has 16 heavy (non-hydrogen) atoms. The van der Waals surface area contributed by atoms with Gasteiger partial charge in [-0.1, -0.05) is 24.3 Å². The number of carbonyl (C=O) groups is 1. The van der Waals surface area contributed by atoms with Crippen LogP contribution in [0.5, 0.6) is 0 Å². The van der Waals surface area contributed by atoms with Crippen LogP contribution in [0.1, 0.15) is 28.8 Å². The molecule has 1 atom stereocenters. The third-order valence-electron chi connectivity index (χ3n) is 3.74. The van der Waals surface area contributed by atoms with Crippen LogP contribution in [0.3, 0.4) is 0 Å². The summed E-state index contributed by atoms with van der Waals surface area (Å²) in [5.41, 5.74) is 2.09. The van der Waals surface area contributed by atoms with Gasteiger partial charge in [0.05, 0.1) is 5.41 Å². The zero-order valence-corrected chi connectivity index (χ0v) is 9.98. The maximum atomic E-state index is 12.3. The minimum Gasteiger partial charge on any atom is -0.316 e. The molecule has 0 amide bonds. The van der Waals surface area contributed by atoms with Crippen LogP contribution in [0.2, 0.25) is 0 Å². The topological polar surface area (TPSA) is 29.1 Å². The lowest BCUT2D eigenvalue weighted by atomic mass is 9.77. The fourth-order valence-corrected chi connectivity index (χ4v) is 2.94. The summed E-state index contributed by atoms with van der Waals surface area (Å²) in [6, 6.07) is 8.06. The van der Waals surface area contributed by atoms with Gasteiger partial charge in [0.15, 0.2) is 5.78 Å². The van der Waals surface area contributed by atoms with E-state index in [-0.39, 0.29) is 17.8 Å². The second-order valence-corrected chi connectivity index (χ2v) is 4.72. The van der Waals surface area contributed by atoms with Crippen molar-refractivity contribution < 1.29 is 4.79 Å². The molecule has 1 aromatic rings. The molecular formula is C13H16ClNO. The van der Waals surface area contributed by atoms with Crippen LogP contribution < -0.4 is 5.32 Å². The van der Waals surface area contributed by atoms with E-state index in [4.69, 9.17) is 0 Å². The zero-order valence-electron chi connectivity index (χ0n) is 9.16. The molecule has 1 aliphatic heterocycles. The molecule has 1 heterocycles. The third-order valence-corrected chi connectivity index (χ3v) is 3.74. The fourth-order valence-electron chi connectivity index (χ4n) is 2.94. The normalized spacial score (nSPS) is 27.6. The molecule has 0 bridgehead atoms. The van der Waals surface area contributed by atoms with Crippen molar-refractivity contribution in [3.8, 4) is 0 Å². The Morgan fingerprint density at radius 3 is 2.75 bits per heavy atom. The van der Waals surface area contributed by atoms with E-state index in [1.54, 1.807) is 0 Å². The maximum absolute atomic E-state index is 12.3. The van der Waals surface area contributed by atoms with E-state index in [1.807, 2.05) is 18.2 Å². The number of carbonyl (C=O) groups excluding carboxylic acids is 1. The highest BCUT2D eigenvalue weighted by atomic mass is 35.5. The number of Topliss-reactive ketones (excluding diaryl/α,β-unsaturated/α-hetero) is 1. The monoisotopic (exact) mass is 237 g/mol. The molecule has 0 radical (unpaired) electrons. The van der Waals surface area contributed by atoms with Gasteiger partial charge in [0.2, 0.25) is 0 Å². The Kier molecular flexibility index (Phi) is 3.04. The number of hydrogen-bond donors (Lipinski definition) is 1. The van der Waals surface area contributed by atoms with Gasteiger partial charge < -0.3 is 5.32 Å². The molecule has 3 rings (SSSR count). The van der Waals surface area contributed by atoms with Gasteiger partial charge in [0, 0.05) is 12.1 Å². The number of halogens is 1. The summed E-state index contributed by atoms with van der Waals surface area (Å²) in [6.45, 7) is 1.92. The first-order valence-electron chi connectivity index (χ1n) is 5.65. The van der Waals surface area contributed by atoms with Crippen molar-refractivity contribution in [2.45, 2.75) is 19.3 Å². The van der Waals surface area contributed by atoms with Gasteiger partial charge in [-0.3, -0.25) is 4.79 Å². The van der Waals surface area contributed by atoms with E-state index in [1.165, 1.54) is 5.56 Å². The second-order valence-electron chi connectivity index (χ2n) is 4.72. The Hall–Kier alpha value is -0.860. The van der Waals surface area contributed by atoms with Crippen LogP contribution >= 0.6 is 12.4 Å². The highest BCUT2D eigenvalue weighted by molar-refractivity contribution is 6.05. The highest BCUT2D eigenvalue weighted by Crippen LogP contribution is 2.41. The van der Waals surface area contributed by atoms with Gasteiger partial charge in [-0.2, -0.15) is 0 Å². The molecule has 1 fully saturated rings. The van der Waals surface area contributed by atoms with Crippen LogP contribution in [-0.4, -0.2) is 18.9 Å². The summed E-state index contributed by atoms with van der Waals surface area (Å²) in [4.78, 5) is 12.3. The van der Waals surface area contributed by atoms with Crippen LogP contribution in [0.25, 0.3) is 0 Å². The van der Waals surface area contributed by atoms with Gasteiger partial charge in [-0.15, -0.1) is 12.4 Å². The summed E-state index contributed by atoms with van der Waals surface area (Å²) in [5.74, 6) is 0.366. The van der Waals surface area contributed by atoms with E-state index in [0.29, 0.717) is 5.78 Å².